The maximum atomic E-state index is 13.0. The number of hydrogen-bond donors (Lipinski definition) is 1. The van der Waals surface area contributed by atoms with E-state index in [1.54, 1.807) is 0 Å². The number of rotatable bonds is 8. The SMILES string of the molecule is O=C(N/N=C/c1cn(Cc2ccccc2)c2ccccc12)c1ccc(OC(F)(F)C(F)F)cc1. The topological polar surface area (TPSA) is 55.6 Å². The molecule has 0 radical (unpaired) electrons. The van der Waals surface area contributed by atoms with Crippen molar-refractivity contribution in [1.82, 2.24) is 9.99 Å². The van der Waals surface area contributed by atoms with Gasteiger partial charge in [-0.3, -0.25) is 4.79 Å². The van der Waals surface area contributed by atoms with Crippen LogP contribution in [0.25, 0.3) is 10.9 Å². The summed E-state index contributed by atoms with van der Waals surface area (Å²) in [6.45, 7) is 0.667. The fourth-order valence-corrected chi connectivity index (χ4v) is 3.39. The van der Waals surface area contributed by atoms with E-state index in [-0.39, 0.29) is 5.56 Å². The van der Waals surface area contributed by atoms with E-state index in [0.29, 0.717) is 6.54 Å². The predicted octanol–water partition coefficient (Wildman–Crippen LogP) is 5.69. The fourth-order valence-electron chi connectivity index (χ4n) is 3.39. The Morgan fingerprint density at radius 3 is 2.38 bits per heavy atom. The van der Waals surface area contributed by atoms with Crippen LogP contribution in [0.2, 0.25) is 0 Å². The van der Waals surface area contributed by atoms with Crippen LogP contribution < -0.4 is 10.2 Å². The van der Waals surface area contributed by atoms with Crippen molar-refractivity contribution in [2.24, 2.45) is 5.10 Å². The smallest absolute Gasteiger partial charge is 0.428 e. The second-order valence-electron chi connectivity index (χ2n) is 7.40. The minimum absolute atomic E-state index is 0.0939. The van der Waals surface area contributed by atoms with Crippen molar-refractivity contribution in [2.75, 3.05) is 0 Å². The highest BCUT2D eigenvalue weighted by Gasteiger charge is 2.43. The molecule has 3 aromatic carbocycles. The van der Waals surface area contributed by atoms with Crippen LogP contribution in [0.5, 0.6) is 5.75 Å². The highest BCUT2D eigenvalue weighted by molar-refractivity contribution is 6.00. The largest absolute Gasteiger partial charge is 0.461 e. The van der Waals surface area contributed by atoms with Gasteiger partial charge >= 0.3 is 12.5 Å². The molecule has 34 heavy (non-hydrogen) atoms. The summed E-state index contributed by atoms with van der Waals surface area (Å²) in [6, 6.07) is 22.1. The molecular weight excluding hydrogens is 450 g/mol. The number of benzene rings is 3. The van der Waals surface area contributed by atoms with Crippen molar-refractivity contribution in [1.29, 1.82) is 0 Å². The van der Waals surface area contributed by atoms with E-state index in [4.69, 9.17) is 0 Å². The molecule has 1 heterocycles. The molecule has 0 saturated carbocycles. The number of amides is 1. The Hall–Kier alpha value is -4.14. The van der Waals surface area contributed by atoms with Gasteiger partial charge in [0.05, 0.1) is 6.21 Å². The van der Waals surface area contributed by atoms with Gasteiger partial charge in [0.2, 0.25) is 0 Å². The number of ether oxygens (including phenoxy) is 1. The Kier molecular flexibility index (Phi) is 6.62. The van der Waals surface area contributed by atoms with Crippen molar-refractivity contribution in [3.63, 3.8) is 0 Å². The summed E-state index contributed by atoms with van der Waals surface area (Å²) < 4.78 is 56.5. The summed E-state index contributed by atoms with van der Waals surface area (Å²) in [7, 11) is 0. The third kappa shape index (κ3) is 5.25. The van der Waals surface area contributed by atoms with Crippen molar-refractivity contribution in [3.05, 3.63) is 102 Å². The summed E-state index contributed by atoms with van der Waals surface area (Å²) in [6.07, 6.45) is -5.14. The molecule has 0 atom stereocenters. The standard InChI is InChI=1S/C25H19F4N3O2/c26-24(27)25(28,29)34-20-12-10-18(11-13-20)23(33)31-30-14-19-16-32(15-17-6-2-1-3-7-17)22-9-5-4-8-21(19)22/h1-14,16,24H,15H2,(H,31,33)/b30-14+. The van der Waals surface area contributed by atoms with Gasteiger partial charge in [-0.15, -0.1) is 0 Å². The van der Waals surface area contributed by atoms with Crippen LogP contribution in [0.3, 0.4) is 0 Å². The monoisotopic (exact) mass is 469 g/mol. The fraction of sp³-hybridized carbons (Fsp3) is 0.120. The lowest BCUT2D eigenvalue weighted by Gasteiger charge is -2.16. The molecule has 5 nitrogen and oxygen atoms in total. The van der Waals surface area contributed by atoms with Crippen molar-refractivity contribution >= 4 is 23.0 Å². The Balaban J connectivity index is 1.45. The number of carbonyl (C=O) groups excluding carboxylic acids is 1. The van der Waals surface area contributed by atoms with Crippen molar-refractivity contribution < 1.29 is 27.1 Å². The van der Waals surface area contributed by atoms with Gasteiger partial charge in [-0.05, 0) is 35.9 Å². The van der Waals surface area contributed by atoms with Gasteiger partial charge in [0.25, 0.3) is 5.91 Å². The molecule has 0 aliphatic heterocycles. The van der Waals surface area contributed by atoms with E-state index in [9.17, 15) is 22.4 Å². The van der Waals surface area contributed by atoms with Crippen LogP contribution in [0.4, 0.5) is 17.6 Å². The molecule has 0 aliphatic rings. The molecule has 1 aromatic heterocycles. The first-order valence-corrected chi connectivity index (χ1v) is 10.2. The van der Waals surface area contributed by atoms with Crippen LogP contribution in [0, 0.1) is 0 Å². The van der Waals surface area contributed by atoms with Gasteiger partial charge in [0.1, 0.15) is 5.75 Å². The summed E-state index contributed by atoms with van der Waals surface area (Å²) in [5.41, 5.74) is 5.41. The predicted molar refractivity (Wildman–Crippen MR) is 121 cm³/mol. The molecule has 4 rings (SSSR count). The minimum atomic E-state index is -4.62. The van der Waals surface area contributed by atoms with Crippen molar-refractivity contribution in [3.8, 4) is 5.75 Å². The van der Waals surface area contributed by atoms with E-state index >= 15 is 0 Å². The quantitative estimate of drug-likeness (QED) is 0.205. The lowest BCUT2D eigenvalue weighted by Crippen LogP contribution is -2.33. The van der Waals surface area contributed by atoms with E-state index in [0.717, 1.165) is 34.2 Å². The number of hydrazone groups is 1. The number of alkyl halides is 4. The summed E-state index contributed by atoms with van der Waals surface area (Å²) >= 11 is 0. The van der Waals surface area contributed by atoms with Crippen molar-refractivity contribution in [2.45, 2.75) is 19.1 Å². The lowest BCUT2D eigenvalue weighted by molar-refractivity contribution is -0.253. The van der Waals surface area contributed by atoms with Crippen LogP contribution in [-0.4, -0.2) is 29.2 Å². The number of carbonyl (C=O) groups is 1. The van der Waals surface area contributed by atoms with Gasteiger partial charge in [0.15, 0.2) is 0 Å². The molecule has 0 fully saturated rings. The van der Waals surface area contributed by atoms with E-state index in [1.807, 2.05) is 60.8 Å². The normalized spacial score (nSPS) is 11.9. The first-order valence-electron chi connectivity index (χ1n) is 10.2. The van der Waals surface area contributed by atoms with Gasteiger partial charge in [-0.25, -0.2) is 5.43 Å². The minimum Gasteiger partial charge on any atom is -0.428 e. The van der Waals surface area contributed by atoms with Gasteiger partial charge in [0, 0.05) is 34.8 Å². The maximum Gasteiger partial charge on any atom is 0.461 e. The van der Waals surface area contributed by atoms with Gasteiger partial charge < -0.3 is 9.30 Å². The van der Waals surface area contributed by atoms with Crippen LogP contribution in [0.15, 0.2) is 90.2 Å². The van der Waals surface area contributed by atoms with Gasteiger partial charge in [-0.2, -0.15) is 22.7 Å². The molecule has 9 heteroatoms. The summed E-state index contributed by atoms with van der Waals surface area (Å²) in [5, 5.41) is 4.96. The Morgan fingerprint density at radius 2 is 1.68 bits per heavy atom. The van der Waals surface area contributed by atoms with E-state index in [2.05, 4.69) is 19.8 Å². The zero-order chi connectivity index (χ0) is 24.1. The number of aromatic nitrogens is 1. The van der Waals surface area contributed by atoms with Crippen LogP contribution in [-0.2, 0) is 6.54 Å². The number of hydrogen-bond acceptors (Lipinski definition) is 3. The molecule has 0 aliphatic carbocycles. The third-order valence-corrected chi connectivity index (χ3v) is 5.01. The molecule has 0 unspecified atom stereocenters. The van der Waals surface area contributed by atoms with Gasteiger partial charge in [-0.1, -0.05) is 48.5 Å². The Labute approximate surface area is 192 Å². The second-order valence-corrected chi connectivity index (χ2v) is 7.40. The number of fused-ring (bicyclic) bond motifs is 1. The molecule has 0 bridgehead atoms. The average Bonchev–Trinajstić information content (AvgIpc) is 3.17. The third-order valence-electron chi connectivity index (χ3n) is 5.01. The molecule has 0 spiro atoms. The number of nitrogens with one attached hydrogen (secondary N) is 1. The molecule has 4 aromatic rings. The number of nitrogens with zero attached hydrogens (tertiary/aromatic N) is 2. The highest BCUT2D eigenvalue weighted by Crippen LogP contribution is 2.27. The average molecular weight is 469 g/mol. The molecule has 174 valence electrons. The number of para-hydroxylation sites is 1. The lowest BCUT2D eigenvalue weighted by atomic mass is 10.2. The second kappa shape index (κ2) is 9.78. The maximum absolute atomic E-state index is 13.0. The zero-order valence-electron chi connectivity index (χ0n) is 17.7. The molecular formula is C25H19F4N3O2. The number of halogens is 4. The van der Waals surface area contributed by atoms with E-state index in [1.165, 1.54) is 18.3 Å². The first kappa shape index (κ1) is 23.0. The van der Waals surface area contributed by atoms with Crippen LogP contribution >= 0.6 is 0 Å². The van der Waals surface area contributed by atoms with E-state index < -0.39 is 24.2 Å². The molecule has 1 amide bonds. The van der Waals surface area contributed by atoms with Crippen LogP contribution in [0.1, 0.15) is 21.5 Å². The first-order chi connectivity index (χ1) is 16.3. The molecule has 0 saturated heterocycles. The Bertz CT molecular complexity index is 1300. The summed E-state index contributed by atoms with van der Waals surface area (Å²) in [4.78, 5) is 12.3. The Morgan fingerprint density at radius 1 is 1.00 bits per heavy atom. The zero-order valence-corrected chi connectivity index (χ0v) is 17.7. The molecule has 1 N–H and O–H groups in total. The highest BCUT2D eigenvalue weighted by atomic mass is 19.3. The summed E-state index contributed by atoms with van der Waals surface area (Å²) in [5.74, 6) is -1.09.